The largest absolute Gasteiger partial charge is 0.391 e. The Morgan fingerprint density at radius 3 is 2.56 bits per heavy atom. The smallest absolute Gasteiger partial charge is 0.171 e. The first kappa shape index (κ1) is 12.1. The molecule has 2 nitrogen and oxygen atoms in total. The van der Waals surface area contributed by atoms with Crippen molar-refractivity contribution in [3.63, 3.8) is 0 Å². The molecule has 0 N–H and O–H groups in total. The standard InChI is InChI=1S/C9H10ClF3N2S/c10-8-15-14-7(16-8)5-2-1-3-6(4-5)9(11,12)13/h5-6H,1-4H2. The van der Waals surface area contributed by atoms with E-state index in [-0.39, 0.29) is 18.8 Å². The maximum Gasteiger partial charge on any atom is 0.391 e. The maximum absolute atomic E-state index is 12.6. The van der Waals surface area contributed by atoms with Crippen LogP contribution in [0, 0.1) is 5.92 Å². The summed E-state index contributed by atoms with van der Waals surface area (Å²) in [5.74, 6) is -1.33. The Hall–Kier alpha value is -0.360. The predicted molar refractivity (Wildman–Crippen MR) is 55.7 cm³/mol. The molecule has 0 spiro atoms. The van der Waals surface area contributed by atoms with Crippen LogP contribution in [-0.4, -0.2) is 16.4 Å². The van der Waals surface area contributed by atoms with Crippen LogP contribution in [-0.2, 0) is 0 Å². The quantitative estimate of drug-likeness (QED) is 0.770. The second-order valence-corrected chi connectivity index (χ2v) is 5.59. The van der Waals surface area contributed by atoms with Gasteiger partial charge < -0.3 is 0 Å². The lowest BCUT2D eigenvalue weighted by atomic mass is 9.81. The number of nitrogens with zero attached hydrogens (tertiary/aromatic N) is 2. The number of rotatable bonds is 1. The number of halogens is 4. The number of hydrogen-bond acceptors (Lipinski definition) is 3. The molecule has 1 aromatic rings. The van der Waals surface area contributed by atoms with E-state index in [1.54, 1.807) is 0 Å². The first-order chi connectivity index (χ1) is 7.47. The van der Waals surface area contributed by atoms with Crippen LogP contribution in [0.25, 0.3) is 0 Å². The van der Waals surface area contributed by atoms with Gasteiger partial charge in [0.15, 0.2) is 0 Å². The van der Waals surface area contributed by atoms with E-state index in [0.29, 0.717) is 15.9 Å². The van der Waals surface area contributed by atoms with Gasteiger partial charge in [0.05, 0.1) is 5.92 Å². The summed E-state index contributed by atoms with van der Waals surface area (Å²) in [7, 11) is 0. The summed E-state index contributed by atoms with van der Waals surface area (Å²) in [5.41, 5.74) is 0. The Kier molecular flexibility index (Phi) is 3.39. The van der Waals surface area contributed by atoms with Crippen molar-refractivity contribution in [2.75, 3.05) is 0 Å². The van der Waals surface area contributed by atoms with E-state index in [4.69, 9.17) is 11.6 Å². The van der Waals surface area contributed by atoms with Gasteiger partial charge in [-0.05, 0) is 30.9 Å². The van der Waals surface area contributed by atoms with Gasteiger partial charge in [-0.3, -0.25) is 0 Å². The minimum Gasteiger partial charge on any atom is -0.171 e. The van der Waals surface area contributed by atoms with E-state index < -0.39 is 12.1 Å². The van der Waals surface area contributed by atoms with Crippen LogP contribution in [0.2, 0.25) is 4.47 Å². The molecule has 2 atom stereocenters. The van der Waals surface area contributed by atoms with E-state index in [1.807, 2.05) is 0 Å². The zero-order valence-electron chi connectivity index (χ0n) is 8.30. The highest BCUT2D eigenvalue weighted by Crippen LogP contribution is 2.44. The van der Waals surface area contributed by atoms with E-state index in [9.17, 15) is 13.2 Å². The van der Waals surface area contributed by atoms with Gasteiger partial charge in [-0.25, -0.2) is 0 Å². The highest BCUT2D eigenvalue weighted by atomic mass is 35.5. The molecule has 0 saturated heterocycles. The van der Waals surface area contributed by atoms with Crippen molar-refractivity contribution in [1.82, 2.24) is 10.2 Å². The Bertz CT molecular complexity index is 366. The summed E-state index contributed by atoms with van der Waals surface area (Å²) < 4.78 is 38.0. The van der Waals surface area contributed by atoms with Crippen LogP contribution in [0.5, 0.6) is 0 Å². The van der Waals surface area contributed by atoms with Gasteiger partial charge in [0.1, 0.15) is 5.01 Å². The molecule has 7 heteroatoms. The maximum atomic E-state index is 12.6. The Balaban J connectivity index is 2.07. The summed E-state index contributed by atoms with van der Waals surface area (Å²) in [4.78, 5) is 0. The van der Waals surface area contributed by atoms with Gasteiger partial charge in [0.25, 0.3) is 0 Å². The van der Waals surface area contributed by atoms with Crippen LogP contribution >= 0.6 is 22.9 Å². The first-order valence-corrected chi connectivity index (χ1v) is 6.22. The molecular weight excluding hydrogens is 261 g/mol. The summed E-state index contributed by atoms with van der Waals surface area (Å²) in [6.07, 6.45) is -2.40. The molecule has 1 aromatic heterocycles. The molecule has 1 heterocycles. The van der Waals surface area contributed by atoms with Gasteiger partial charge in [0.2, 0.25) is 4.47 Å². The van der Waals surface area contributed by atoms with Crippen molar-refractivity contribution in [3.05, 3.63) is 9.47 Å². The molecule has 1 saturated carbocycles. The van der Waals surface area contributed by atoms with Gasteiger partial charge in [-0.15, -0.1) is 10.2 Å². The fourth-order valence-corrected chi connectivity index (χ4v) is 3.08. The summed E-state index contributed by atoms with van der Waals surface area (Å²) in [5, 5.41) is 8.09. The molecule has 0 aromatic carbocycles. The van der Waals surface area contributed by atoms with Crippen molar-refractivity contribution in [2.24, 2.45) is 5.92 Å². The van der Waals surface area contributed by atoms with Crippen LogP contribution < -0.4 is 0 Å². The average Bonchev–Trinajstić information content (AvgIpc) is 2.64. The fraction of sp³-hybridized carbons (Fsp3) is 0.778. The summed E-state index contributed by atoms with van der Waals surface area (Å²) in [6, 6.07) is 0. The number of aromatic nitrogens is 2. The second-order valence-electron chi connectivity index (χ2n) is 4.00. The molecule has 0 bridgehead atoms. The van der Waals surface area contributed by atoms with Crippen molar-refractivity contribution in [2.45, 2.75) is 37.8 Å². The number of alkyl halides is 3. The van der Waals surface area contributed by atoms with Crippen molar-refractivity contribution in [3.8, 4) is 0 Å². The molecule has 1 aliphatic carbocycles. The lowest BCUT2D eigenvalue weighted by molar-refractivity contribution is -0.183. The van der Waals surface area contributed by atoms with Gasteiger partial charge >= 0.3 is 6.18 Å². The molecule has 16 heavy (non-hydrogen) atoms. The van der Waals surface area contributed by atoms with Gasteiger partial charge in [0, 0.05) is 5.92 Å². The number of hydrogen-bond donors (Lipinski definition) is 0. The van der Waals surface area contributed by atoms with Crippen LogP contribution in [0.3, 0.4) is 0 Å². The highest BCUT2D eigenvalue weighted by molar-refractivity contribution is 7.15. The lowest BCUT2D eigenvalue weighted by Crippen LogP contribution is -2.28. The fourth-order valence-electron chi connectivity index (χ4n) is 2.09. The third-order valence-electron chi connectivity index (χ3n) is 2.90. The molecule has 1 aliphatic rings. The average molecular weight is 271 g/mol. The van der Waals surface area contributed by atoms with E-state index >= 15 is 0 Å². The lowest BCUT2D eigenvalue weighted by Gasteiger charge is -2.29. The SMILES string of the molecule is FC(F)(F)C1CCCC(c2nnc(Cl)s2)C1. The minimum absolute atomic E-state index is 0.120. The molecule has 0 radical (unpaired) electrons. The van der Waals surface area contributed by atoms with Crippen LogP contribution in [0.15, 0.2) is 0 Å². The van der Waals surface area contributed by atoms with Crippen LogP contribution in [0.4, 0.5) is 13.2 Å². The molecule has 90 valence electrons. The topological polar surface area (TPSA) is 25.8 Å². The Morgan fingerprint density at radius 1 is 1.25 bits per heavy atom. The molecule has 0 aliphatic heterocycles. The van der Waals surface area contributed by atoms with E-state index in [2.05, 4.69) is 10.2 Å². The summed E-state index contributed by atoms with van der Waals surface area (Å²) in [6.45, 7) is 0. The van der Waals surface area contributed by atoms with Gasteiger partial charge in [-0.2, -0.15) is 13.2 Å². The third-order valence-corrected chi connectivity index (χ3v) is 4.08. The predicted octanol–water partition coefficient (Wildman–Crippen LogP) is 4.03. The van der Waals surface area contributed by atoms with Gasteiger partial charge in [-0.1, -0.05) is 17.8 Å². The molecule has 0 amide bonds. The van der Waals surface area contributed by atoms with E-state index in [1.165, 1.54) is 11.3 Å². The zero-order valence-corrected chi connectivity index (χ0v) is 9.87. The first-order valence-electron chi connectivity index (χ1n) is 5.02. The molecule has 2 rings (SSSR count). The molecule has 1 fully saturated rings. The Morgan fingerprint density at radius 2 is 2.00 bits per heavy atom. The monoisotopic (exact) mass is 270 g/mol. The van der Waals surface area contributed by atoms with Crippen molar-refractivity contribution < 1.29 is 13.2 Å². The third kappa shape index (κ3) is 2.66. The zero-order chi connectivity index (χ0) is 11.8. The minimum atomic E-state index is -4.09. The molecule has 2 unspecified atom stereocenters. The second kappa shape index (κ2) is 4.49. The Labute approximate surface area is 99.8 Å². The van der Waals surface area contributed by atoms with Crippen molar-refractivity contribution in [1.29, 1.82) is 0 Å². The summed E-state index contributed by atoms with van der Waals surface area (Å²) >= 11 is 6.81. The van der Waals surface area contributed by atoms with Crippen molar-refractivity contribution >= 4 is 22.9 Å². The normalized spacial score (nSPS) is 27.0. The molecular formula is C9H10ClF3N2S. The van der Waals surface area contributed by atoms with Crippen LogP contribution in [0.1, 0.15) is 36.6 Å². The highest BCUT2D eigenvalue weighted by Gasteiger charge is 2.42. The van der Waals surface area contributed by atoms with E-state index in [0.717, 1.165) is 6.42 Å².